The van der Waals surface area contributed by atoms with Gasteiger partial charge in [0.1, 0.15) is 11.5 Å². The topological polar surface area (TPSA) is 76.7 Å². The van der Waals surface area contributed by atoms with E-state index in [0.717, 1.165) is 0 Å². The zero-order valence-electron chi connectivity index (χ0n) is 13.1. The van der Waals surface area contributed by atoms with Gasteiger partial charge in [-0.1, -0.05) is 11.6 Å². The summed E-state index contributed by atoms with van der Waals surface area (Å²) in [4.78, 5) is 24.1. The van der Waals surface area contributed by atoms with E-state index in [4.69, 9.17) is 21.1 Å². The summed E-state index contributed by atoms with van der Waals surface area (Å²) in [6.07, 6.45) is -0.548. The first-order valence-electron chi connectivity index (χ1n) is 7.24. The molecule has 1 unspecified atom stereocenters. The Balaban J connectivity index is 1.84. The van der Waals surface area contributed by atoms with Crippen LogP contribution in [0.1, 0.15) is 17.3 Å². The van der Waals surface area contributed by atoms with Gasteiger partial charge >= 0.3 is 0 Å². The van der Waals surface area contributed by atoms with Crippen LogP contribution in [-0.4, -0.2) is 25.0 Å². The predicted octanol–water partition coefficient (Wildman–Crippen LogP) is 3.32. The van der Waals surface area contributed by atoms with Crippen molar-refractivity contribution in [3.63, 3.8) is 0 Å². The fourth-order valence-corrected chi connectivity index (χ4v) is 2.51. The lowest BCUT2D eigenvalue weighted by molar-refractivity contribution is -0.122. The Bertz CT molecular complexity index is 822. The Kier molecular flexibility index (Phi) is 4.31. The maximum absolute atomic E-state index is 12.5. The molecule has 0 bridgehead atoms. The third kappa shape index (κ3) is 3.14. The zero-order valence-corrected chi connectivity index (χ0v) is 13.8. The maximum atomic E-state index is 12.5. The summed E-state index contributed by atoms with van der Waals surface area (Å²) in [5.74, 6) is 0.369. The third-order valence-electron chi connectivity index (χ3n) is 3.57. The minimum Gasteiger partial charge on any atom is -0.496 e. The van der Waals surface area contributed by atoms with Crippen molar-refractivity contribution in [1.29, 1.82) is 0 Å². The first kappa shape index (κ1) is 16.1. The predicted molar refractivity (Wildman–Crippen MR) is 91.1 cm³/mol. The monoisotopic (exact) mass is 346 g/mol. The largest absolute Gasteiger partial charge is 0.496 e. The smallest absolute Gasteiger partial charge is 0.265 e. The lowest BCUT2D eigenvalue weighted by Gasteiger charge is -2.23. The normalized spacial score (nSPS) is 15.8. The van der Waals surface area contributed by atoms with Crippen molar-refractivity contribution in [3.8, 4) is 11.5 Å². The van der Waals surface area contributed by atoms with Crippen molar-refractivity contribution in [2.24, 2.45) is 0 Å². The van der Waals surface area contributed by atoms with Gasteiger partial charge < -0.3 is 20.1 Å². The number of ether oxygens (including phenoxy) is 2. The van der Waals surface area contributed by atoms with Crippen LogP contribution in [0.3, 0.4) is 0 Å². The van der Waals surface area contributed by atoms with Gasteiger partial charge in [0.25, 0.3) is 11.8 Å². The fourth-order valence-electron chi connectivity index (χ4n) is 2.34. The quantitative estimate of drug-likeness (QED) is 0.893. The molecule has 1 aliphatic heterocycles. The van der Waals surface area contributed by atoms with E-state index in [1.807, 2.05) is 0 Å². The average molecular weight is 347 g/mol. The molecule has 2 amide bonds. The Morgan fingerprint density at radius 2 is 2.08 bits per heavy atom. The van der Waals surface area contributed by atoms with E-state index in [1.54, 1.807) is 37.3 Å². The summed E-state index contributed by atoms with van der Waals surface area (Å²) in [6, 6.07) is 9.81. The van der Waals surface area contributed by atoms with Crippen LogP contribution in [0, 0.1) is 0 Å². The van der Waals surface area contributed by atoms with Gasteiger partial charge in [-0.2, -0.15) is 0 Å². The van der Waals surface area contributed by atoms with E-state index < -0.39 is 6.10 Å². The molecule has 2 aromatic carbocycles. The van der Waals surface area contributed by atoms with E-state index in [2.05, 4.69) is 10.6 Å². The number of carbonyl (C=O) groups is 2. The van der Waals surface area contributed by atoms with Gasteiger partial charge in [-0.3, -0.25) is 9.59 Å². The van der Waals surface area contributed by atoms with Crippen LogP contribution in [0.4, 0.5) is 11.4 Å². The minimum absolute atomic E-state index is 0.234. The molecule has 1 heterocycles. The number of amides is 2. The Hall–Kier alpha value is -2.73. The lowest BCUT2D eigenvalue weighted by Crippen LogP contribution is -2.34. The van der Waals surface area contributed by atoms with E-state index in [-0.39, 0.29) is 11.8 Å². The van der Waals surface area contributed by atoms with Gasteiger partial charge in [0.2, 0.25) is 0 Å². The molecule has 0 radical (unpaired) electrons. The number of hydrogen-bond donors (Lipinski definition) is 2. The van der Waals surface area contributed by atoms with Crippen molar-refractivity contribution in [2.75, 3.05) is 17.7 Å². The molecule has 24 heavy (non-hydrogen) atoms. The van der Waals surface area contributed by atoms with Crippen molar-refractivity contribution in [3.05, 3.63) is 47.0 Å². The second-order valence-corrected chi connectivity index (χ2v) is 5.70. The summed E-state index contributed by atoms with van der Waals surface area (Å²) in [5.41, 5.74) is 1.34. The molecule has 0 aliphatic carbocycles. The van der Waals surface area contributed by atoms with Crippen LogP contribution < -0.4 is 20.1 Å². The highest BCUT2D eigenvalue weighted by molar-refractivity contribution is 6.31. The summed E-state index contributed by atoms with van der Waals surface area (Å²) < 4.78 is 10.7. The summed E-state index contributed by atoms with van der Waals surface area (Å²) in [5, 5.41) is 5.92. The molecule has 2 aromatic rings. The van der Waals surface area contributed by atoms with Gasteiger partial charge in [-0.05, 0) is 43.3 Å². The Morgan fingerprint density at radius 3 is 2.83 bits per heavy atom. The Labute approximate surface area is 143 Å². The molecule has 0 aromatic heterocycles. The molecule has 0 saturated heterocycles. The van der Waals surface area contributed by atoms with Crippen molar-refractivity contribution >= 4 is 34.8 Å². The van der Waals surface area contributed by atoms with Crippen LogP contribution >= 0.6 is 11.6 Å². The molecular weight excluding hydrogens is 332 g/mol. The maximum Gasteiger partial charge on any atom is 0.265 e. The number of rotatable bonds is 3. The average Bonchev–Trinajstić information content (AvgIpc) is 2.56. The van der Waals surface area contributed by atoms with Crippen LogP contribution in [-0.2, 0) is 4.79 Å². The summed E-state index contributed by atoms with van der Waals surface area (Å²) >= 11 is 5.95. The minimum atomic E-state index is -0.548. The van der Waals surface area contributed by atoms with Crippen LogP contribution in [0.25, 0.3) is 0 Å². The molecule has 0 saturated carbocycles. The van der Waals surface area contributed by atoms with E-state index in [9.17, 15) is 9.59 Å². The second-order valence-electron chi connectivity index (χ2n) is 5.26. The van der Waals surface area contributed by atoms with Gasteiger partial charge in [0.05, 0.1) is 18.4 Å². The number of anilines is 2. The van der Waals surface area contributed by atoms with Crippen LogP contribution in [0.2, 0.25) is 5.02 Å². The highest BCUT2D eigenvalue weighted by Gasteiger charge is 2.24. The van der Waals surface area contributed by atoms with Crippen molar-refractivity contribution in [2.45, 2.75) is 13.0 Å². The highest BCUT2D eigenvalue weighted by Crippen LogP contribution is 2.32. The van der Waals surface area contributed by atoms with Crippen LogP contribution in [0.5, 0.6) is 11.5 Å². The van der Waals surface area contributed by atoms with Crippen molar-refractivity contribution < 1.29 is 19.1 Å². The van der Waals surface area contributed by atoms with Gasteiger partial charge in [0.15, 0.2) is 6.10 Å². The van der Waals surface area contributed by atoms with Crippen LogP contribution in [0.15, 0.2) is 36.4 Å². The first-order chi connectivity index (χ1) is 11.5. The van der Waals surface area contributed by atoms with E-state index in [1.165, 1.54) is 13.2 Å². The molecule has 7 heteroatoms. The molecule has 0 spiro atoms. The number of nitrogens with one attached hydrogen (secondary N) is 2. The third-order valence-corrected chi connectivity index (χ3v) is 3.81. The molecule has 3 rings (SSSR count). The molecule has 124 valence electrons. The highest BCUT2D eigenvalue weighted by atomic mass is 35.5. The first-order valence-corrected chi connectivity index (χ1v) is 7.62. The number of fused-ring (bicyclic) bond motifs is 1. The summed E-state index contributed by atoms with van der Waals surface area (Å²) in [6.45, 7) is 1.67. The molecule has 6 nitrogen and oxygen atoms in total. The van der Waals surface area contributed by atoms with Crippen molar-refractivity contribution in [1.82, 2.24) is 0 Å². The van der Waals surface area contributed by atoms with Gasteiger partial charge in [0, 0.05) is 10.7 Å². The number of carbonyl (C=O) groups excluding carboxylic acids is 2. The van der Waals surface area contributed by atoms with Gasteiger partial charge in [-0.15, -0.1) is 0 Å². The zero-order chi connectivity index (χ0) is 17.3. The molecule has 0 fully saturated rings. The molecule has 2 N–H and O–H groups in total. The van der Waals surface area contributed by atoms with E-state index in [0.29, 0.717) is 33.5 Å². The molecular formula is C17H15ClN2O4. The number of benzene rings is 2. The van der Waals surface area contributed by atoms with E-state index >= 15 is 0 Å². The second kappa shape index (κ2) is 6.41. The SMILES string of the molecule is COc1ccc(Cl)cc1C(=O)Nc1ccc2c(c1)NC(=O)C(C)O2. The Morgan fingerprint density at radius 1 is 1.29 bits per heavy atom. The standard InChI is InChI=1S/C17H15ClN2O4/c1-9-16(21)20-13-8-11(4-6-15(13)24-9)19-17(22)12-7-10(18)3-5-14(12)23-2/h3-9H,1-2H3,(H,19,22)(H,20,21). The molecule has 1 atom stereocenters. The fraction of sp³-hybridized carbons (Fsp3) is 0.176. The number of methoxy groups -OCH3 is 1. The van der Waals surface area contributed by atoms with Gasteiger partial charge in [-0.25, -0.2) is 0 Å². The summed E-state index contributed by atoms with van der Waals surface area (Å²) in [7, 11) is 1.48. The number of hydrogen-bond acceptors (Lipinski definition) is 4. The molecule has 1 aliphatic rings. The lowest BCUT2D eigenvalue weighted by atomic mass is 10.1. The number of halogens is 1.